The molecule has 0 aromatic heterocycles. The number of hydrogen-bond donors (Lipinski definition) is 4. The lowest BCUT2D eigenvalue weighted by atomic mass is 10.1. The first-order chi connectivity index (χ1) is 11.8. The predicted molar refractivity (Wildman–Crippen MR) is 103 cm³/mol. The van der Waals surface area contributed by atoms with E-state index < -0.39 is 5.91 Å². The molecule has 0 rings (SSSR count). The molecule has 0 aliphatic heterocycles. The van der Waals surface area contributed by atoms with Crippen LogP contribution in [0.25, 0.3) is 0 Å². The highest BCUT2D eigenvalue weighted by Crippen LogP contribution is 2.04. The molecule has 3 amide bonds. The maximum Gasteiger partial charge on any atom is 0.231 e. The van der Waals surface area contributed by atoms with E-state index in [4.69, 9.17) is 17.2 Å². The number of primary amides is 3. The van der Waals surface area contributed by atoms with Gasteiger partial charge >= 0.3 is 0 Å². The molecule has 0 aromatic rings. The van der Waals surface area contributed by atoms with Crippen LogP contribution in [0.5, 0.6) is 0 Å². The first-order valence-electron chi connectivity index (χ1n) is 9.36. The molecule has 8 N–H and O–H groups in total. The second-order valence-corrected chi connectivity index (χ2v) is 5.93. The zero-order chi connectivity index (χ0) is 19.9. The Morgan fingerprint density at radius 2 is 0.840 bits per heavy atom. The fraction of sp³-hybridized carbons (Fsp3) is 0.833. The highest BCUT2D eigenvalue weighted by atomic mass is 16.1. The van der Waals surface area contributed by atoms with Crippen molar-refractivity contribution in [3.05, 3.63) is 0 Å². The standard InChI is InChI=1S/2C8H17NO.C2H6N2O/c2*1-2-3-4-5-6-7-8(9)10;3-1-2(4)5/h2*2-7H2,1H3,(H2,9,10);1,3H2,(H2,4,5). The molecule has 0 aliphatic rings. The first kappa shape index (κ1) is 28.2. The third-order valence-corrected chi connectivity index (χ3v) is 3.25. The van der Waals surface area contributed by atoms with E-state index in [1.807, 2.05) is 0 Å². The first-order valence-corrected chi connectivity index (χ1v) is 9.36. The van der Waals surface area contributed by atoms with Gasteiger partial charge in [0.25, 0.3) is 0 Å². The van der Waals surface area contributed by atoms with Crippen molar-refractivity contribution in [2.24, 2.45) is 22.9 Å². The molecule has 0 spiro atoms. The number of rotatable bonds is 13. The molecule has 0 radical (unpaired) electrons. The van der Waals surface area contributed by atoms with Crippen molar-refractivity contribution < 1.29 is 14.4 Å². The molecule has 0 atom stereocenters. The fourth-order valence-corrected chi connectivity index (χ4v) is 1.81. The van der Waals surface area contributed by atoms with Crippen molar-refractivity contribution in [1.29, 1.82) is 0 Å². The van der Waals surface area contributed by atoms with Crippen LogP contribution in [0.4, 0.5) is 0 Å². The van der Waals surface area contributed by atoms with Gasteiger partial charge < -0.3 is 22.9 Å². The van der Waals surface area contributed by atoms with Crippen LogP contribution in [0.3, 0.4) is 0 Å². The van der Waals surface area contributed by atoms with Gasteiger partial charge in [0.2, 0.25) is 17.7 Å². The normalized spacial score (nSPS) is 9.24. The molecule has 7 heteroatoms. The van der Waals surface area contributed by atoms with E-state index in [9.17, 15) is 14.4 Å². The zero-order valence-electron chi connectivity index (χ0n) is 16.2. The fourth-order valence-electron chi connectivity index (χ4n) is 1.81. The summed E-state index contributed by atoms with van der Waals surface area (Å²) in [4.78, 5) is 30.0. The van der Waals surface area contributed by atoms with E-state index in [2.05, 4.69) is 19.6 Å². The van der Waals surface area contributed by atoms with Crippen LogP contribution in [0.15, 0.2) is 0 Å². The van der Waals surface area contributed by atoms with Crippen LogP contribution in [0.1, 0.15) is 90.9 Å². The smallest absolute Gasteiger partial charge is 0.231 e. The molecule has 0 heterocycles. The van der Waals surface area contributed by atoms with Crippen LogP contribution in [-0.4, -0.2) is 24.3 Å². The van der Waals surface area contributed by atoms with Crippen LogP contribution < -0.4 is 22.9 Å². The SMILES string of the molecule is CCCCCCCC(N)=O.CCCCCCCC(N)=O.NCC(N)=O. The molecule has 7 nitrogen and oxygen atoms in total. The van der Waals surface area contributed by atoms with Gasteiger partial charge in [0.05, 0.1) is 6.54 Å². The van der Waals surface area contributed by atoms with Gasteiger partial charge in [-0.3, -0.25) is 14.4 Å². The molecular weight excluding hydrogens is 320 g/mol. The summed E-state index contributed by atoms with van der Waals surface area (Å²) in [6, 6.07) is 0. The molecule has 0 aliphatic carbocycles. The maximum absolute atomic E-state index is 10.3. The number of amides is 3. The minimum atomic E-state index is -0.468. The summed E-state index contributed by atoms with van der Waals surface area (Å²) in [5.74, 6) is -0.807. The number of unbranched alkanes of at least 4 members (excludes halogenated alkanes) is 8. The van der Waals surface area contributed by atoms with Crippen molar-refractivity contribution >= 4 is 17.7 Å². The van der Waals surface area contributed by atoms with E-state index in [0.717, 1.165) is 25.7 Å². The third kappa shape index (κ3) is 45.0. The summed E-state index contributed by atoms with van der Waals surface area (Å²) in [5, 5.41) is 0. The lowest BCUT2D eigenvalue weighted by molar-refractivity contribution is -0.119. The zero-order valence-corrected chi connectivity index (χ0v) is 16.2. The Hall–Kier alpha value is -1.63. The quantitative estimate of drug-likeness (QED) is 0.371. The molecule has 0 fully saturated rings. The van der Waals surface area contributed by atoms with Crippen LogP contribution in [-0.2, 0) is 14.4 Å². The minimum Gasteiger partial charge on any atom is -0.370 e. The molecule has 25 heavy (non-hydrogen) atoms. The average Bonchev–Trinajstić information content (AvgIpc) is 2.55. The number of carbonyl (C=O) groups is 3. The molecule has 150 valence electrons. The average molecular weight is 361 g/mol. The summed E-state index contributed by atoms with van der Waals surface area (Å²) in [6.07, 6.45) is 12.9. The van der Waals surface area contributed by atoms with Gasteiger partial charge in [0, 0.05) is 12.8 Å². The number of carbonyl (C=O) groups excluding carboxylic acids is 3. The summed E-state index contributed by atoms with van der Waals surface area (Å²) in [7, 11) is 0. The second-order valence-electron chi connectivity index (χ2n) is 5.93. The van der Waals surface area contributed by atoms with Gasteiger partial charge in [0.1, 0.15) is 0 Å². The Kier molecular flexibility index (Phi) is 27.8. The predicted octanol–water partition coefficient (Wildman–Crippen LogP) is 2.09. The van der Waals surface area contributed by atoms with Crippen LogP contribution in [0, 0.1) is 0 Å². The number of hydrogen-bond acceptors (Lipinski definition) is 4. The Morgan fingerprint density at radius 1 is 0.560 bits per heavy atom. The minimum absolute atomic E-state index is 0.0556. The Labute approximate surface area is 153 Å². The van der Waals surface area contributed by atoms with E-state index >= 15 is 0 Å². The molecular formula is C18H40N4O3. The monoisotopic (exact) mass is 360 g/mol. The highest BCUT2D eigenvalue weighted by Gasteiger charge is 1.93. The van der Waals surface area contributed by atoms with Crippen LogP contribution >= 0.6 is 0 Å². The Bertz CT molecular complexity index is 299. The Balaban J connectivity index is -0.000000308. The van der Waals surface area contributed by atoms with Gasteiger partial charge in [-0.15, -0.1) is 0 Å². The van der Waals surface area contributed by atoms with Gasteiger partial charge in [-0.25, -0.2) is 0 Å². The van der Waals surface area contributed by atoms with Gasteiger partial charge in [-0.2, -0.15) is 0 Å². The van der Waals surface area contributed by atoms with Gasteiger partial charge in [0.15, 0.2) is 0 Å². The highest BCUT2D eigenvalue weighted by molar-refractivity contribution is 5.75. The molecule has 0 saturated carbocycles. The summed E-state index contributed by atoms with van der Waals surface area (Å²) < 4.78 is 0. The molecule has 0 unspecified atom stereocenters. The second kappa shape index (κ2) is 24.6. The van der Waals surface area contributed by atoms with Crippen LogP contribution in [0.2, 0.25) is 0 Å². The van der Waals surface area contributed by atoms with Crippen molar-refractivity contribution in [2.45, 2.75) is 90.9 Å². The van der Waals surface area contributed by atoms with Crippen molar-refractivity contribution in [2.75, 3.05) is 6.54 Å². The lowest BCUT2D eigenvalue weighted by Crippen LogP contribution is -2.21. The van der Waals surface area contributed by atoms with Crippen molar-refractivity contribution in [3.8, 4) is 0 Å². The maximum atomic E-state index is 10.3. The molecule has 0 bridgehead atoms. The summed E-state index contributed by atoms with van der Waals surface area (Å²) in [5.41, 5.74) is 19.2. The van der Waals surface area contributed by atoms with E-state index in [1.54, 1.807) is 0 Å². The summed E-state index contributed by atoms with van der Waals surface area (Å²) >= 11 is 0. The van der Waals surface area contributed by atoms with Gasteiger partial charge in [-0.05, 0) is 12.8 Å². The Morgan fingerprint density at radius 3 is 1.04 bits per heavy atom. The van der Waals surface area contributed by atoms with E-state index in [1.165, 1.54) is 38.5 Å². The van der Waals surface area contributed by atoms with E-state index in [0.29, 0.717) is 12.8 Å². The molecule has 0 saturated heterocycles. The molecule has 0 aromatic carbocycles. The van der Waals surface area contributed by atoms with E-state index in [-0.39, 0.29) is 18.4 Å². The number of nitrogens with two attached hydrogens (primary N) is 4. The van der Waals surface area contributed by atoms with Gasteiger partial charge in [-0.1, -0.05) is 65.2 Å². The third-order valence-electron chi connectivity index (χ3n) is 3.25. The van der Waals surface area contributed by atoms with Crippen molar-refractivity contribution in [1.82, 2.24) is 0 Å². The topological polar surface area (TPSA) is 155 Å². The summed E-state index contributed by atoms with van der Waals surface area (Å²) in [6.45, 7) is 4.29. The lowest BCUT2D eigenvalue weighted by Gasteiger charge is -1.95. The van der Waals surface area contributed by atoms with Crippen molar-refractivity contribution in [3.63, 3.8) is 0 Å². The largest absolute Gasteiger partial charge is 0.370 e.